The normalized spacial score (nSPS) is 10.0. The minimum atomic E-state index is -0.635. The Morgan fingerprint density at radius 1 is 1.05 bits per heavy atom. The van der Waals surface area contributed by atoms with Gasteiger partial charge in [0, 0.05) is 15.1 Å². The van der Waals surface area contributed by atoms with Crippen LogP contribution in [-0.4, -0.2) is 16.9 Å². The van der Waals surface area contributed by atoms with Crippen molar-refractivity contribution in [3.8, 4) is 5.75 Å². The number of halogens is 2. The van der Waals surface area contributed by atoms with E-state index in [2.05, 4.69) is 26.8 Å². The van der Waals surface area contributed by atoms with Crippen molar-refractivity contribution in [1.29, 1.82) is 0 Å². The summed E-state index contributed by atoms with van der Waals surface area (Å²) in [6.07, 6.45) is 0. The number of hydrogen-bond donors (Lipinski definition) is 3. The fraction of sp³-hybridized carbons (Fsp3) is 0. The molecule has 0 radical (unpaired) electrons. The molecule has 5 nitrogen and oxygen atoms in total. The van der Waals surface area contributed by atoms with Crippen molar-refractivity contribution in [2.24, 2.45) is 0 Å². The largest absolute Gasteiger partial charge is 0.507 e. The number of phenolic OH excluding ortho intramolecular Hbond substituents is 1. The summed E-state index contributed by atoms with van der Waals surface area (Å²) in [7, 11) is 0. The van der Waals surface area contributed by atoms with Crippen LogP contribution >= 0.6 is 27.5 Å². The van der Waals surface area contributed by atoms with Crippen LogP contribution in [0.3, 0.4) is 0 Å². The maximum atomic E-state index is 11.9. The molecule has 0 saturated heterocycles. The molecule has 0 aliphatic rings. The number of carbonyl (C=O) groups excluding carboxylic acids is 2. The molecule has 7 heteroatoms. The third-order valence-electron chi connectivity index (χ3n) is 2.58. The maximum absolute atomic E-state index is 11.9. The molecule has 2 rings (SSSR count). The first-order valence-corrected chi connectivity index (χ1v) is 6.99. The summed E-state index contributed by atoms with van der Waals surface area (Å²) in [6.45, 7) is 0. The first kappa shape index (κ1) is 15.3. The van der Waals surface area contributed by atoms with Crippen LogP contribution in [-0.2, 0) is 0 Å². The average Bonchev–Trinajstić information content (AvgIpc) is 2.47. The van der Waals surface area contributed by atoms with Crippen LogP contribution in [0, 0.1) is 0 Å². The Morgan fingerprint density at radius 3 is 2.48 bits per heavy atom. The number of hydrazine groups is 1. The minimum absolute atomic E-state index is 0.0377. The molecule has 0 aliphatic carbocycles. The molecule has 0 atom stereocenters. The highest BCUT2D eigenvalue weighted by molar-refractivity contribution is 9.10. The highest BCUT2D eigenvalue weighted by Crippen LogP contribution is 2.21. The molecule has 2 aromatic rings. The number of aromatic hydroxyl groups is 1. The zero-order valence-corrected chi connectivity index (χ0v) is 12.9. The van der Waals surface area contributed by atoms with Gasteiger partial charge in [-0.3, -0.25) is 20.4 Å². The number of nitrogens with one attached hydrogen (secondary N) is 2. The van der Waals surface area contributed by atoms with E-state index in [0.29, 0.717) is 15.1 Å². The van der Waals surface area contributed by atoms with Gasteiger partial charge in [-0.2, -0.15) is 0 Å². The summed E-state index contributed by atoms with van der Waals surface area (Å²) in [6, 6.07) is 10.7. The molecule has 2 aromatic carbocycles. The Hall–Kier alpha value is -2.05. The highest BCUT2D eigenvalue weighted by Gasteiger charge is 2.13. The number of phenols is 1. The van der Waals surface area contributed by atoms with E-state index in [0.717, 1.165) is 0 Å². The third kappa shape index (κ3) is 3.96. The van der Waals surface area contributed by atoms with Gasteiger partial charge in [0.1, 0.15) is 5.75 Å². The van der Waals surface area contributed by atoms with E-state index in [1.807, 2.05) is 0 Å². The highest BCUT2D eigenvalue weighted by atomic mass is 79.9. The molecule has 0 saturated carbocycles. The Balaban J connectivity index is 2.04. The second kappa shape index (κ2) is 6.60. The van der Waals surface area contributed by atoms with Gasteiger partial charge in [0.2, 0.25) is 0 Å². The number of rotatable bonds is 2. The molecular weight excluding hydrogens is 360 g/mol. The fourth-order valence-corrected chi connectivity index (χ4v) is 2.12. The van der Waals surface area contributed by atoms with Crippen molar-refractivity contribution >= 4 is 39.3 Å². The summed E-state index contributed by atoms with van der Waals surface area (Å²) >= 11 is 8.98. The van der Waals surface area contributed by atoms with Gasteiger partial charge in [-0.15, -0.1) is 0 Å². The quantitative estimate of drug-likeness (QED) is 0.712. The zero-order chi connectivity index (χ0) is 15.4. The van der Waals surface area contributed by atoms with Crippen molar-refractivity contribution in [2.75, 3.05) is 0 Å². The van der Waals surface area contributed by atoms with E-state index in [-0.39, 0.29) is 11.3 Å². The Kier molecular flexibility index (Phi) is 4.82. The number of hydrogen-bond acceptors (Lipinski definition) is 3. The summed E-state index contributed by atoms with van der Waals surface area (Å²) < 4.78 is 0.631. The van der Waals surface area contributed by atoms with Gasteiger partial charge in [-0.25, -0.2) is 0 Å². The first-order chi connectivity index (χ1) is 9.97. The second-order valence-corrected chi connectivity index (χ2v) is 5.43. The van der Waals surface area contributed by atoms with Crippen molar-refractivity contribution in [3.05, 3.63) is 63.1 Å². The lowest BCUT2D eigenvalue weighted by Crippen LogP contribution is -2.41. The topological polar surface area (TPSA) is 78.4 Å². The van der Waals surface area contributed by atoms with Gasteiger partial charge in [0.15, 0.2) is 0 Å². The summed E-state index contributed by atoms with van der Waals surface area (Å²) in [5.74, 6) is -1.34. The van der Waals surface area contributed by atoms with Crippen LogP contribution in [0.1, 0.15) is 20.7 Å². The van der Waals surface area contributed by atoms with E-state index >= 15 is 0 Å². The predicted molar refractivity (Wildman–Crippen MR) is 82.2 cm³/mol. The zero-order valence-electron chi connectivity index (χ0n) is 10.6. The Labute approximate surface area is 134 Å². The Bertz CT molecular complexity index is 706. The smallest absolute Gasteiger partial charge is 0.273 e. The molecule has 108 valence electrons. The van der Waals surface area contributed by atoms with Crippen LogP contribution in [0.25, 0.3) is 0 Å². The summed E-state index contributed by atoms with van der Waals surface area (Å²) in [4.78, 5) is 23.7. The van der Waals surface area contributed by atoms with Crippen molar-refractivity contribution in [2.45, 2.75) is 0 Å². The molecule has 0 spiro atoms. The SMILES string of the molecule is O=C(NNC(=O)c1cc(Br)ccc1O)c1cccc(Cl)c1. The monoisotopic (exact) mass is 368 g/mol. The standard InChI is InChI=1S/C14H10BrClN2O3/c15-9-4-5-12(19)11(7-9)14(21)18-17-13(20)8-2-1-3-10(16)6-8/h1-7,19H,(H,17,20)(H,18,21). The molecule has 0 bridgehead atoms. The summed E-state index contributed by atoms with van der Waals surface area (Å²) in [5.41, 5.74) is 4.81. The van der Waals surface area contributed by atoms with Gasteiger partial charge in [-0.1, -0.05) is 33.6 Å². The van der Waals surface area contributed by atoms with Gasteiger partial charge in [0.05, 0.1) is 5.56 Å². The maximum Gasteiger partial charge on any atom is 0.273 e. The van der Waals surface area contributed by atoms with Crippen LogP contribution in [0.5, 0.6) is 5.75 Å². The van der Waals surface area contributed by atoms with Crippen LogP contribution in [0.15, 0.2) is 46.9 Å². The molecule has 0 aromatic heterocycles. The molecule has 0 heterocycles. The molecular formula is C14H10BrClN2O3. The fourth-order valence-electron chi connectivity index (χ4n) is 1.57. The van der Waals surface area contributed by atoms with Crippen LogP contribution in [0.2, 0.25) is 5.02 Å². The lowest BCUT2D eigenvalue weighted by molar-refractivity contribution is 0.0845. The third-order valence-corrected chi connectivity index (χ3v) is 3.31. The molecule has 0 aliphatic heterocycles. The van der Waals surface area contributed by atoms with Crippen LogP contribution < -0.4 is 10.9 Å². The van der Waals surface area contributed by atoms with E-state index in [9.17, 15) is 14.7 Å². The van der Waals surface area contributed by atoms with Gasteiger partial charge in [-0.05, 0) is 36.4 Å². The number of amides is 2. The molecule has 0 fully saturated rings. The molecule has 3 N–H and O–H groups in total. The van der Waals surface area contributed by atoms with Gasteiger partial charge < -0.3 is 5.11 Å². The number of benzene rings is 2. The van der Waals surface area contributed by atoms with E-state index in [1.54, 1.807) is 24.3 Å². The van der Waals surface area contributed by atoms with Crippen LogP contribution in [0.4, 0.5) is 0 Å². The van der Waals surface area contributed by atoms with E-state index in [1.165, 1.54) is 18.2 Å². The van der Waals surface area contributed by atoms with Crippen molar-refractivity contribution in [3.63, 3.8) is 0 Å². The predicted octanol–water partition coefficient (Wildman–Crippen LogP) is 2.88. The first-order valence-electron chi connectivity index (χ1n) is 5.82. The second-order valence-electron chi connectivity index (χ2n) is 4.08. The van der Waals surface area contributed by atoms with E-state index < -0.39 is 11.8 Å². The minimum Gasteiger partial charge on any atom is -0.507 e. The van der Waals surface area contributed by atoms with Gasteiger partial charge in [0.25, 0.3) is 11.8 Å². The molecule has 2 amide bonds. The van der Waals surface area contributed by atoms with Gasteiger partial charge >= 0.3 is 0 Å². The number of carbonyl (C=O) groups is 2. The van der Waals surface area contributed by atoms with E-state index in [4.69, 9.17) is 11.6 Å². The average molecular weight is 370 g/mol. The Morgan fingerprint density at radius 2 is 1.76 bits per heavy atom. The summed E-state index contributed by atoms with van der Waals surface area (Å²) in [5, 5.41) is 10.0. The molecule has 0 unspecified atom stereocenters. The lowest BCUT2D eigenvalue weighted by atomic mass is 10.2. The van der Waals surface area contributed by atoms with Crippen molar-refractivity contribution in [1.82, 2.24) is 10.9 Å². The van der Waals surface area contributed by atoms with Crippen molar-refractivity contribution < 1.29 is 14.7 Å². The lowest BCUT2D eigenvalue weighted by Gasteiger charge is -2.09. The molecule has 21 heavy (non-hydrogen) atoms.